The van der Waals surface area contributed by atoms with Crippen LogP contribution in [0.3, 0.4) is 0 Å². The molecule has 164 valence electrons. The predicted molar refractivity (Wildman–Crippen MR) is 113 cm³/mol. The van der Waals surface area contributed by atoms with E-state index in [2.05, 4.69) is 21.3 Å². The molecule has 0 bridgehead atoms. The molecule has 0 amide bonds. The summed E-state index contributed by atoms with van der Waals surface area (Å²) in [5, 5.41) is 26.7. The smallest absolute Gasteiger partial charge is 0.338 e. The zero-order valence-electron chi connectivity index (χ0n) is 18.0. The highest BCUT2D eigenvalue weighted by Crippen LogP contribution is 2.26. The second-order valence-electron chi connectivity index (χ2n) is 7.70. The highest BCUT2D eigenvalue weighted by Gasteiger charge is 2.24. The number of cyclic esters (lactones) is 1. The van der Waals surface area contributed by atoms with Gasteiger partial charge in [0.05, 0.1) is 24.3 Å². The predicted octanol–water partition coefficient (Wildman–Crippen LogP) is 2.33. The van der Waals surface area contributed by atoms with E-state index in [0.29, 0.717) is 49.0 Å². The minimum Gasteiger partial charge on any atom is -0.457 e. The summed E-state index contributed by atoms with van der Waals surface area (Å²) in [4.78, 5) is 18.0. The highest BCUT2D eigenvalue weighted by atomic mass is 16.5. The molecule has 1 aliphatic heterocycles. The first kappa shape index (κ1) is 21.6. The van der Waals surface area contributed by atoms with Crippen molar-refractivity contribution < 1.29 is 19.1 Å². The second-order valence-corrected chi connectivity index (χ2v) is 7.70. The lowest BCUT2D eigenvalue weighted by atomic mass is 9.96. The van der Waals surface area contributed by atoms with Crippen LogP contribution in [0.25, 0.3) is 11.6 Å². The standard InChI is InChI=1S/C23H23N5O4/c1-14-9-20(25-11-17(14)10-24)22-27-26-21(32-22)12-28(7-8-29)6-5-16-3-4-18-19(15(16)2)13-31-23(18)30/h3-4,9,11,29H,5-8,12-13H2,1-2H3. The first-order valence-electron chi connectivity index (χ1n) is 10.3. The number of fused-ring (bicyclic) bond motifs is 1. The lowest BCUT2D eigenvalue weighted by Gasteiger charge is -2.20. The molecule has 3 aromatic rings. The summed E-state index contributed by atoms with van der Waals surface area (Å²) < 4.78 is 10.9. The van der Waals surface area contributed by atoms with Crippen molar-refractivity contribution in [2.75, 3.05) is 19.7 Å². The monoisotopic (exact) mass is 433 g/mol. The van der Waals surface area contributed by atoms with Gasteiger partial charge in [0.1, 0.15) is 18.4 Å². The Hall–Kier alpha value is -3.61. The molecule has 0 spiro atoms. The molecule has 0 fully saturated rings. The topological polar surface area (TPSA) is 125 Å². The van der Waals surface area contributed by atoms with E-state index in [4.69, 9.17) is 14.4 Å². The molecule has 3 heterocycles. The summed E-state index contributed by atoms with van der Waals surface area (Å²) >= 11 is 0. The Labute approximate surface area is 185 Å². The third kappa shape index (κ3) is 4.37. The molecule has 1 aromatic carbocycles. The number of aromatic nitrogens is 3. The number of esters is 1. The van der Waals surface area contributed by atoms with Crippen LogP contribution in [-0.2, 0) is 24.3 Å². The van der Waals surface area contributed by atoms with Crippen LogP contribution >= 0.6 is 0 Å². The van der Waals surface area contributed by atoms with Crippen molar-refractivity contribution in [1.29, 1.82) is 5.26 Å². The van der Waals surface area contributed by atoms with Gasteiger partial charge in [0, 0.05) is 24.8 Å². The van der Waals surface area contributed by atoms with Crippen molar-refractivity contribution in [3.8, 4) is 17.7 Å². The molecule has 1 aliphatic rings. The number of carbonyl (C=O) groups is 1. The molecule has 32 heavy (non-hydrogen) atoms. The molecule has 0 aliphatic carbocycles. The van der Waals surface area contributed by atoms with Gasteiger partial charge in [0.25, 0.3) is 5.89 Å². The van der Waals surface area contributed by atoms with E-state index in [1.807, 2.05) is 30.9 Å². The molecule has 9 heteroatoms. The number of aryl methyl sites for hydroxylation is 1. The number of benzene rings is 1. The maximum absolute atomic E-state index is 11.7. The Bertz CT molecular complexity index is 1200. The third-order valence-corrected chi connectivity index (χ3v) is 5.67. The zero-order chi connectivity index (χ0) is 22.7. The Morgan fingerprint density at radius 1 is 1.25 bits per heavy atom. The molecular weight excluding hydrogens is 410 g/mol. The number of nitriles is 1. The number of aliphatic hydroxyl groups is 1. The van der Waals surface area contributed by atoms with Gasteiger partial charge in [-0.2, -0.15) is 5.26 Å². The lowest BCUT2D eigenvalue weighted by molar-refractivity contribution is 0.0535. The molecule has 0 saturated carbocycles. The molecule has 4 rings (SSSR count). The number of pyridine rings is 1. The van der Waals surface area contributed by atoms with E-state index in [1.165, 1.54) is 6.20 Å². The molecule has 1 N–H and O–H groups in total. The number of nitrogens with zero attached hydrogens (tertiary/aromatic N) is 5. The molecule has 0 unspecified atom stereocenters. The number of hydrogen-bond acceptors (Lipinski definition) is 9. The van der Waals surface area contributed by atoms with Crippen LogP contribution in [0.2, 0.25) is 0 Å². The van der Waals surface area contributed by atoms with Crippen molar-refractivity contribution in [3.63, 3.8) is 0 Å². The maximum atomic E-state index is 11.7. The van der Waals surface area contributed by atoms with Crippen molar-refractivity contribution >= 4 is 5.97 Å². The van der Waals surface area contributed by atoms with Crippen molar-refractivity contribution in [2.45, 2.75) is 33.4 Å². The van der Waals surface area contributed by atoms with Gasteiger partial charge in [0.15, 0.2) is 0 Å². The van der Waals surface area contributed by atoms with Crippen molar-refractivity contribution in [1.82, 2.24) is 20.1 Å². The molecule has 0 atom stereocenters. The average Bonchev–Trinajstić information content (AvgIpc) is 3.40. The quantitative estimate of drug-likeness (QED) is 0.533. The number of carbonyl (C=O) groups excluding carboxylic acids is 1. The second kappa shape index (κ2) is 9.26. The average molecular weight is 433 g/mol. The maximum Gasteiger partial charge on any atom is 0.338 e. The van der Waals surface area contributed by atoms with Gasteiger partial charge in [-0.1, -0.05) is 6.07 Å². The SMILES string of the molecule is Cc1cc(-c2nnc(CN(CCO)CCc3ccc4c(c3C)COC4=O)o2)ncc1C#N. The number of hydrogen-bond donors (Lipinski definition) is 1. The van der Waals surface area contributed by atoms with Gasteiger partial charge in [-0.3, -0.25) is 4.90 Å². The normalized spacial score (nSPS) is 12.7. The van der Waals surface area contributed by atoms with Gasteiger partial charge in [-0.05, 0) is 49.1 Å². The van der Waals surface area contributed by atoms with E-state index < -0.39 is 0 Å². The molecule has 9 nitrogen and oxygen atoms in total. The summed E-state index contributed by atoms with van der Waals surface area (Å²) in [6.07, 6.45) is 2.23. The van der Waals surface area contributed by atoms with Crippen LogP contribution in [0, 0.1) is 25.2 Å². The number of aliphatic hydroxyl groups excluding tert-OH is 1. The summed E-state index contributed by atoms with van der Waals surface area (Å²) in [7, 11) is 0. The fraction of sp³-hybridized carbons (Fsp3) is 0.348. The first-order chi connectivity index (χ1) is 15.5. The van der Waals surface area contributed by atoms with Crippen LogP contribution in [0.15, 0.2) is 28.8 Å². The van der Waals surface area contributed by atoms with Gasteiger partial charge >= 0.3 is 5.97 Å². The molecule has 0 saturated heterocycles. The summed E-state index contributed by atoms with van der Waals surface area (Å²) in [6, 6.07) is 7.61. The van der Waals surface area contributed by atoms with Gasteiger partial charge in [-0.15, -0.1) is 10.2 Å². The van der Waals surface area contributed by atoms with Gasteiger partial charge in [0.2, 0.25) is 5.89 Å². The number of ether oxygens (including phenoxy) is 1. The zero-order valence-corrected chi connectivity index (χ0v) is 18.0. The van der Waals surface area contributed by atoms with Gasteiger partial charge in [-0.25, -0.2) is 9.78 Å². The van der Waals surface area contributed by atoms with E-state index in [9.17, 15) is 9.90 Å². The first-order valence-corrected chi connectivity index (χ1v) is 10.3. The molecular formula is C23H23N5O4. The summed E-state index contributed by atoms with van der Waals surface area (Å²) in [5.41, 5.74) is 5.60. The minimum atomic E-state index is -0.268. The van der Waals surface area contributed by atoms with Crippen LogP contribution in [0.1, 0.15) is 44.1 Å². The highest BCUT2D eigenvalue weighted by molar-refractivity contribution is 5.93. The van der Waals surface area contributed by atoms with E-state index in [-0.39, 0.29) is 18.5 Å². The summed E-state index contributed by atoms with van der Waals surface area (Å²) in [5.74, 6) is 0.438. The Morgan fingerprint density at radius 3 is 2.84 bits per heavy atom. The Kier molecular flexibility index (Phi) is 6.25. The van der Waals surface area contributed by atoms with Crippen LogP contribution in [0.4, 0.5) is 0 Å². The molecule has 0 radical (unpaired) electrons. The van der Waals surface area contributed by atoms with E-state index in [1.54, 1.807) is 6.07 Å². The van der Waals surface area contributed by atoms with Crippen LogP contribution in [-0.4, -0.2) is 50.9 Å². The lowest BCUT2D eigenvalue weighted by Crippen LogP contribution is -2.29. The Morgan fingerprint density at radius 2 is 2.09 bits per heavy atom. The summed E-state index contributed by atoms with van der Waals surface area (Å²) in [6.45, 7) is 5.66. The van der Waals surface area contributed by atoms with E-state index >= 15 is 0 Å². The molecule has 2 aromatic heterocycles. The third-order valence-electron chi connectivity index (χ3n) is 5.67. The van der Waals surface area contributed by atoms with Crippen molar-refractivity contribution in [2.24, 2.45) is 0 Å². The fourth-order valence-corrected chi connectivity index (χ4v) is 3.76. The number of rotatable bonds is 8. The fourth-order valence-electron chi connectivity index (χ4n) is 3.76. The van der Waals surface area contributed by atoms with Crippen molar-refractivity contribution in [3.05, 3.63) is 63.7 Å². The van der Waals surface area contributed by atoms with Crippen LogP contribution < -0.4 is 0 Å². The Balaban J connectivity index is 1.44. The van der Waals surface area contributed by atoms with Crippen LogP contribution in [0.5, 0.6) is 0 Å². The minimum absolute atomic E-state index is 0.00286. The van der Waals surface area contributed by atoms with E-state index in [0.717, 1.165) is 28.7 Å². The van der Waals surface area contributed by atoms with Gasteiger partial charge < -0.3 is 14.3 Å². The largest absolute Gasteiger partial charge is 0.457 e.